The van der Waals surface area contributed by atoms with Crippen LogP contribution in [0.25, 0.3) is 0 Å². The number of para-hydroxylation sites is 1. The van der Waals surface area contributed by atoms with Gasteiger partial charge >= 0.3 is 118 Å². The van der Waals surface area contributed by atoms with Crippen molar-refractivity contribution >= 4 is 59.1 Å². The predicted octanol–water partition coefficient (Wildman–Crippen LogP) is -16.1. The van der Waals surface area contributed by atoms with Crippen molar-refractivity contribution in [1.82, 2.24) is 5.32 Å². The molecule has 1 N–H and O–H groups in total. The van der Waals surface area contributed by atoms with Gasteiger partial charge in [-0.15, -0.1) is 0 Å². The molecule has 252 valence electrons. The molecule has 0 unspecified atom stereocenters. The molecule has 5 atom stereocenters. The predicted molar refractivity (Wildman–Crippen MR) is 131 cm³/mol. The molecular formula is C18H22N2Na4O20S4. The Labute approximate surface area is 364 Å². The Morgan fingerprint density at radius 3 is 1.71 bits per heavy atom. The van der Waals surface area contributed by atoms with Gasteiger partial charge in [0.2, 0.25) is 53.4 Å². The van der Waals surface area contributed by atoms with Gasteiger partial charge in [0.25, 0.3) is 0 Å². The molecule has 0 radical (unpaired) electrons. The summed E-state index contributed by atoms with van der Waals surface area (Å²) in [6.45, 7) is -2.12. The average molecular weight is 807 g/mol. The van der Waals surface area contributed by atoms with Crippen molar-refractivity contribution in [3.63, 3.8) is 0 Å². The van der Waals surface area contributed by atoms with Gasteiger partial charge < -0.3 is 37.9 Å². The van der Waals surface area contributed by atoms with Crippen molar-refractivity contribution in [2.45, 2.75) is 37.6 Å². The Balaban J connectivity index is -0.00000506. The third kappa shape index (κ3) is 21.3. The van der Waals surface area contributed by atoms with Crippen LogP contribution < -0.4 is 128 Å². The number of hydrogen-bond acceptors (Lipinski definition) is 20. The fraction of sp³-hybridized carbons (Fsp3) is 0.556. The summed E-state index contributed by atoms with van der Waals surface area (Å²) < 4.78 is 161. The molecule has 22 nitrogen and oxygen atoms in total. The first-order valence-electron chi connectivity index (χ1n) is 11.4. The van der Waals surface area contributed by atoms with E-state index in [-0.39, 0.29) is 118 Å². The maximum Gasteiger partial charge on any atom is 1.00 e. The van der Waals surface area contributed by atoms with Crippen LogP contribution in [0, 0.1) is 0 Å². The Hall–Kier alpha value is 1.56. The molecule has 1 aromatic carbocycles. The Morgan fingerprint density at radius 2 is 1.25 bits per heavy atom. The zero-order chi connectivity index (χ0) is 33.5. The van der Waals surface area contributed by atoms with Crippen LogP contribution in [0.4, 0.5) is 5.69 Å². The van der Waals surface area contributed by atoms with Gasteiger partial charge in [-0.05, 0) is 12.1 Å². The fourth-order valence-corrected chi connectivity index (χ4v) is 5.36. The number of hydrogen-bond donors (Lipinski definition) is 1. The third-order valence-electron chi connectivity index (χ3n) is 5.11. The van der Waals surface area contributed by atoms with Crippen molar-refractivity contribution in [3.05, 3.63) is 30.3 Å². The number of nitrogens with zero attached hydrogens (tertiary/aromatic N) is 1. The van der Waals surface area contributed by atoms with Crippen LogP contribution in [-0.4, -0.2) is 121 Å². The summed E-state index contributed by atoms with van der Waals surface area (Å²) in [6.07, 6.45) is -13.2. The van der Waals surface area contributed by atoms with E-state index in [0.717, 1.165) is 4.90 Å². The molecule has 0 spiro atoms. The van der Waals surface area contributed by atoms with Crippen LogP contribution in [-0.2, 0) is 77.4 Å². The van der Waals surface area contributed by atoms with Crippen molar-refractivity contribution in [2.24, 2.45) is 0 Å². The number of amides is 2. The van der Waals surface area contributed by atoms with Crippen LogP contribution in [0.3, 0.4) is 0 Å². The van der Waals surface area contributed by atoms with Crippen LogP contribution in [0.5, 0.6) is 0 Å². The first-order chi connectivity index (χ1) is 20.0. The molecule has 0 aliphatic carbocycles. The number of nitrogens with one attached hydrogen (secondary N) is 1. The van der Waals surface area contributed by atoms with Crippen molar-refractivity contribution in [3.8, 4) is 0 Å². The SMILES string of the molecule is CC(=O)N(CC(=O)NCCO[C@H]1O[C@H](COS(=O)(=O)[O-])[C@@H](OS(=O)(=O)[O-])[C@H](OS(=O)(=O)[O-])[C@@H]1OS(=O)(=O)[O-])c1ccccc1.[Na+].[Na+].[Na+].[Na+]. The molecule has 48 heavy (non-hydrogen) atoms. The van der Waals surface area contributed by atoms with Crippen molar-refractivity contribution < 1.29 is 206 Å². The normalized spacial score (nSPS) is 21.2. The molecule has 0 saturated carbocycles. The minimum absolute atomic E-state index is 0. The second-order valence-corrected chi connectivity index (χ2v) is 12.4. The average Bonchev–Trinajstić information content (AvgIpc) is 2.85. The molecule has 0 aromatic heterocycles. The van der Waals surface area contributed by atoms with Gasteiger partial charge in [0.05, 0.1) is 13.2 Å². The number of benzene rings is 1. The Kier molecular flexibility index (Phi) is 26.2. The van der Waals surface area contributed by atoms with E-state index in [2.05, 4.69) is 22.0 Å². The van der Waals surface area contributed by atoms with E-state index in [9.17, 15) is 61.5 Å². The Morgan fingerprint density at radius 1 is 0.771 bits per heavy atom. The summed E-state index contributed by atoms with van der Waals surface area (Å²) in [6, 6.07) is 7.94. The van der Waals surface area contributed by atoms with Gasteiger partial charge in [0, 0.05) is 19.2 Å². The summed E-state index contributed by atoms with van der Waals surface area (Å²) in [5, 5.41) is 2.28. The van der Waals surface area contributed by atoms with Gasteiger partial charge in [-0.1, -0.05) is 18.2 Å². The van der Waals surface area contributed by atoms with Gasteiger partial charge in [-0.2, -0.15) is 0 Å². The molecule has 2 rings (SSSR count). The molecule has 1 fully saturated rings. The summed E-state index contributed by atoms with van der Waals surface area (Å²) in [5.74, 6) is -1.28. The van der Waals surface area contributed by atoms with Crippen LogP contribution in [0.15, 0.2) is 30.3 Å². The molecule has 1 aliphatic heterocycles. The summed E-state index contributed by atoms with van der Waals surface area (Å²) in [7, 11) is -23.4. The van der Waals surface area contributed by atoms with Crippen molar-refractivity contribution in [2.75, 3.05) is 31.2 Å². The van der Waals surface area contributed by atoms with Gasteiger partial charge in [0.1, 0.15) is 24.9 Å². The molecule has 0 bridgehead atoms. The van der Waals surface area contributed by atoms with Crippen LogP contribution >= 0.6 is 0 Å². The summed E-state index contributed by atoms with van der Waals surface area (Å²) in [5.41, 5.74) is 0.366. The summed E-state index contributed by atoms with van der Waals surface area (Å²) in [4.78, 5) is 25.4. The molecule has 1 saturated heterocycles. The van der Waals surface area contributed by atoms with E-state index in [1.165, 1.54) is 19.1 Å². The topological polar surface area (TPSA) is 334 Å². The maximum absolute atomic E-state index is 12.4. The Bertz CT molecular complexity index is 1600. The minimum atomic E-state index is -5.99. The smallest absolute Gasteiger partial charge is 0.726 e. The maximum atomic E-state index is 12.4. The number of carbonyl (C=O) groups is 2. The monoisotopic (exact) mass is 806 g/mol. The first kappa shape index (κ1) is 53.9. The standard InChI is InChI=1S/C18H26N2O20S4.4Na/c1-11(21)20(12-5-3-2-4-6-12)9-14(22)19-7-8-35-18-17(40-44(32,33)34)16(39-43(29,30)31)15(38-42(26,27)28)13(37-18)10-36-41(23,24)25;;;;/h2-6,13,15-18H,7-10H2,1H3,(H,19,22)(H,23,24,25)(H,26,27,28)(H,29,30,31)(H,32,33,34);;;;/q;4*+1/p-4/t13-,15-,16+,17+,18+;;;;/m1..../s1. The zero-order valence-corrected chi connectivity index (χ0v) is 37.1. The van der Waals surface area contributed by atoms with E-state index in [0.29, 0.717) is 5.69 Å². The number of ether oxygens (including phenoxy) is 2. The molecule has 2 amide bonds. The fourth-order valence-electron chi connectivity index (χ4n) is 3.59. The van der Waals surface area contributed by atoms with Crippen LogP contribution in [0.2, 0.25) is 0 Å². The molecular weight excluding hydrogens is 784 g/mol. The number of carbonyl (C=O) groups excluding carboxylic acids is 2. The van der Waals surface area contributed by atoms with E-state index in [1.54, 1.807) is 18.2 Å². The van der Waals surface area contributed by atoms with Gasteiger partial charge in [0.15, 0.2) is 12.4 Å². The van der Waals surface area contributed by atoms with Crippen LogP contribution in [0.1, 0.15) is 6.92 Å². The molecule has 30 heteroatoms. The quantitative estimate of drug-likeness (QED) is 0.0701. The van der Waals surface area contributed by atoms with E-state index in [4.69, 9.17) is 9.47 Å². The first-order valence-corrected chi connectivity index (χ1v) is 16.8. The van der Waals surface area contributed by atoms with Gasteiger partial charge in [-0.25, -0.2) is 33.7 Å². The van der Waals surface area contributed by atoms with E-state index >= 15 is 0 Å². The van der Waals surface area contributed by atoms with E-state index < -0.39 is 110 Å². The second-order valence-electron chi connectivity index (χ2n) is 8.30. The largest absolute Gasteiger partial charge is 1.00 e. The number of anilines is 1. The minimum Gasteiger partial charge on any atom is -0.726 e. The van der Waals surface area contributed by atoms with E-state index in [1.807, 2.05) is 0 Å². The molecule has 1 heterocycles. The zero-order valence-electron chi connectivity index (χ0n) is 25.8. The molecule has 1 aliphatic rings. The molecule has 1 aromatic rings. The number of rotatable bonds is 16. The second kappa shape index (κ2) is 23.4. The summed E-state index contributed by atoms with van der Waals surface area (Å²) >= 11 is 0. The third-order valence-corrected chi connectivity index (χ3v) is 6.91. The van der Waals surface area contributed by atoms with Gasteiger partial charge in [-0.3, -0.25) is 26.3 Å². The van der Waals surface area contributed by atoms with Crippen molar-refractivity contribution in [1.29, 1.82) is 0 Å².